The van der Waals surface area contributed by atoms with Crippen molar-refractivity contribution >= 4 is 5.91 Å². The van der Waals surface area contributed by atoms with Gasteiger partial charge < -0.3 is 10.3 Å². The van der Waals surface area contributed by atoms with Gasteiger partial charge in [0.05, 0.1) is 12.0 Å². The van der Waals surface area contributed by atoms with E-state index in [0.717, 1.165) is 18.4 Å². The van der Waals surface area contributed by atoms with Gasteiger partial charge in [0.2, 0.25) is 0 Å². The van der Waals surface area contributed by atoms with Crippen LogP contribution >= 0.6 is 0 Å². The average molecular weight is 373 g/mol. The Bertz CT molecular complexity index is 1020. The number of hydrogen-bond acceptors (Lipinski definition) is 3. The lowest BCUT2D eigenvalue weighted by Crippen LogP contribution is -2.39. The molecule has 2 N–H and O–H groups in total. The quantitative estimate of drug-likeness (QED) is 0.716. The topological polar surface area (TPSA) is 74.8 Å². The van der Waals surface area contributed by atoms with Crippen molar-refractivity contribution in [3.8, 4) is 11.3 Å². The number of rotatable bonds is 5. The molecule has 5 nitrogen and oxygen atoms in total. The summed E-state index contributed by atoms with van der Waals surface area (Å²) in [6, 6.07) is 19.1. The van der Waals surface area contributed by atoms with Crippen LogP contribution in [0.1, 0.15) is 41.6 Å². The number of aromatic nitrogens is 2. The molecule has 1 aromatic heterocycles. The van der Waals surface area contributed by atoms with E-state index in [4.69, 9.17) is 0 Å². The van der Waals surface area contributed by atoms with Crippen LogP contribution in [-0.2, 0) is 5.41 Å². The summed E-state index contributed by atoms with van der Waals surface area (Å²) in [5, 5.41) is 3.14. The van der Waals surface area contributed by atoms with Gasteiger partial charge in [0.15, 0.2) is 0 Å². The predicted molar refractivity (Wildman–Crippen MR) is 109 cm³/mol. The molecule has 1 fully saturated rings. The molecule has 142 valence electrons. The van der Waals surface area contributed by atoms with Gasteiger partial charge in [0, 0.05) is 29.2 Å². The Morgan fingerprint density at radius 1 is 1.04 bits per heavy atom. The van der Waals surface area contributed by atoms with Crippen molar-refractivity contribution in [2.24, 2.45) is 0 Å². The molecule has 1 heterocycles. The maximum Gasteiger partial charge on any atom is 0.251 e. The van der Waals surface area contributed by atoms with E-state index >= 15 is 0 Å². The molecule has 0 unspecified atom stereocenters. The van der Waals surface area contributed by atoms with Gasteiger partial charge in [-0.3, -0.25) is 9.59 Å². The summed E-state index contributed by atoms with van der Waals surface area (Å²) < 4.78 is 0. The number of carbonyl (C=O) groups excluding carboxylic acids is 1. The van der Waals surface area contributed by atoms with Crippen LogP contribution in [0, 0.1) is 0 Å². The molecular formula is C23H23N3O2. The van der Waals surface area contributed by atoms with E-state index < -0.39 is 0 Å². The fourth-order valence-electron chi connectivity index (χ4n) is 4.11. The van der Waals surface area contributed by atoms with Gasteiger partial charge in [0.25, 0.3) is 11.5 Å². The van der Waals surface area contributed by atoms with Crippen molar-refractivity contribution in [3.63, 3.8) is 0 Å². The molecule has 5 heteroatoms. The van der Waals surface area contributed by atoms with Gasteiger partial charge in [-0.05, 0) is 30.5 Å². The molecule has 0 bridgehead atoms. The summed E-state index contributed by atoms with van der Waals surface area (Å²) >= 11 is 0. The van der Waals surface area contributed by atoms with Crippen molar-refractivity contribution in [1.29, 1.82) is 0 Å². The third kappa shape index (κ3) is 3.74. The molecule has 1 aliphatic rings. The van der Waals surface area contributed by atoms with E-state index in [2.05, 4.69) is 39.6 Å². The number of amides is 1. The Labute approximate surface area is 163 Å². The van der Waals surface area contributed by atoms with Crippen LogP contribution in [0.15, 0.2) is 71.8 Å². The zero-order valence-corrected chi connectivity index (χ0v) is 15.7. The van der Waals surface area contributed by atoms with Crippen molar-refractivity contribution in [3.05, 3.63) is 88.5 Å². The minimum absolute atomic E-state index is 0.0167. The van der Waals surface area contributed by atoms with Crippen LogP contribution in [-0.4, -0.2) is 22.4 Å². The van der Waals surface area contributed by atoms with E-state index in [-0.39, 0.29) is 16.9 Å². The standard InChI is InChI=1S/C23H23N3O2/c27-21-14-20(25-16-26-21)17-7-6-8-18(13-17)22(28)24-15-23(11-4-5-12-23)19-9-2-1-3-10-19/h1-3,6-10,13-14,16H,4-5,11-12,15H2,(H,24,28)(H,25,26,27). The second-order valence-electron chi connectivity index (χ2n) is 7.41. The summed E-state index contributed by atoms with van der Waals surface area (Å²) in [6.45, 7) is 0.628. The Morgan fingerprint density at radius 3 is 2.57 bits per heavy atom. The number of aromatic amines is 1. The van der Waals surface area contributed by atoms with Gasteiger partial charge in [-0.25, -0.2) is 4.98 Å². The highest BCUT2D eigenvalue weighted by Gasteiger charge is 2.35. The van der Waals surface area contributed by atoms with Crippen LogP contribution in [0.5, 0.6) is 0 Å². The maximum absolute atomic E-state index is 12.8. The monoisotopic (exact) mass is 373 g/mol. The number of nitrogens with one attached hydrogen (secondary N) is 2. The zero-order valence-electron chi connectivity index (χ0n) is 15.7. The van der Waals surface area contributed by atoms with E-state index in [1.54, 1.807) is 12.1 Å². The van der Waals surface area contributed by atoms with E-state index in [9.17, 15) is 9.59 Å². The van der Waals surface area contributed by atoms with Gasteiger partial charge in [0.1, 0.15) is 0 Å². The van der Waals surface area contributed by atoms with Crippen molar-refractivity contribution in [2.45, 2.75) is 31.1 Å². The molecule has 0 saturated heterocycles. The molecule has 4 rings (SSSR count). The van der Waals surface area contributed by atoms with Crippen LogP contribution < -0.4 is 10.9 Å². The number of nitrogens with zero attached hydrogens (tertiary/aromatic N) is 1. The van der Waals surface area contributed by atoms with Gasteiger partial charge in [-0.1, -0.05) is 55.3 Å². The molecule has 1 aliphatic carbocycles. The molecule has 0 aliphatic heterocycles. The first kappa shape index (κ1) is 18.2. The van der Waals surface area contributed by atoms with Crippen LogP contribution in [0.2, 0.25) is 0 Å². The van der Waals surface area contributed by atoms with E-state index in [0.29, 0.717) is 17.8 Å². The Hall–Kier alpha value is -3.21. The second kappa shape index (κ2) is 7.80. The van der Waals surface area contributed by atoms with Crippen LogP contribution in [0.25, 0.3) is 11.3 Å². The van der Waals surface area contributed by atoms with Crippen molar-refractivity contribution < 1.29 is 4.79 Å². The number of hydrogen-bond donors (Lipinski definition) is 2. The molecule has 2 aromatic carbocycles. The SMILES string of the molecule is O=C(NCC1(c2ccccc2)CCCC1)c1cccc(-c2cc(=O)[nH]cn2)c1. The molecule has 1 saturated carbocycles. The third-order valence-corrected chi connectivity index (χ3v) is 5.63. The second-order valence-corrected chi connectivity index (χ2v) is 7.41. The zero-order chi connectivity index (χ0) is 19.4. The first-order chi connectivity index (χ1) is 13.7. The Balaban J connectivity index is 1.52. The third-order valence-electron chi connectivity index (χ3n) is 5.63. The smallest absolute Gasteiger partial charge is 0.251 e. The summed E-state index contributed by atoms with van der Waals surface area (Å²) in [4.78, 5) is 31.0. The fourth-order valence-corrected chi connectivity index (χ4v) is 4.11. The molecule has 0 spiro atoms. The summed E-state index contributed by atoms with van der Waals surface area (Å²) in [5.41, 5.74) is 2.97. The summed E-state index contributed by atoms with van der Waals surface area (Å²) in [7, 11) is 0. The molecular weight excluding hydrogens is 350 g/mol. The van der Waals surface area contributed by atoms with Gasteiger partial charge >= 0.3 is 0 Å². The van der Waals surface area contributed by atoms with Crippen LogP contribution in [0.3, 0.4) is 0 Å². The van der Waals surface area contributed by atoms with Gasteiger partial charge in [-0.15, -0.1) is 0 Å². The lowest BCUT2D eigenvalue weighted by Gasteiger charge is -2.30. The number of H-pyrrole nitrogens is 1. The normalized spacial score (nSPS) is 15.3. The Morgan fingerprint density at radius 2 is 1.82 bits per heavy atom. The van der Waals surface area contributed by atoms with Crippen molar-refractivity contribution in [2.75, 3.05) is 6.54 Å². The first-order valence-electron chi connectivity index (χ1n) is 9.65. The number of benzene rings is 2. The lowest BCUT2D eigenvalue weighted by atomic mass is 9.79. The fraction of sp³-hybridized carbons (Fsp3) is 0.261. The van der Waals surface area contributed by atoms with Crippen LogP contribution in [0.4, 0.5) is 0 Å². The van der Waals surface area contributed by atoms with Crippen molar-refractivity contribution in [1.82, 2.24) is 15.3 Å². The highest BCUT2D eigenvalue weighted by molar-refractivity contribution is 5.95. The minimum Gasteiger partial charge on any atom is -0.351 e. The highest BCUT2D eigenvalue weighted by atomic mass is 16.1. The molecule has 0 radical (unpaired) electrons. The maximum atomic E-state index is 12.8. The average Bonchev–Trinajstić information content (AvgIpc) is 3.23. The molecule has 28 heavy (non-hydrogen) atoms. The lowest BCUT2D eigenvalue weighted by molar-refractivity contribution is 0.0943. The Kier molecular flexibility index (Phi) is 5.06. The molecule has 0 atom stereocenters. The number of carbonyl (C=O) groups is 1. The summed E-state index contributed by atoms with van der Waals surface area (Å²) in [5.74, 6) is -0.103. The summed E-state index contributed by atoms with van der Waals surface area (Å²) in [6.07, 6.45) is 5.93. The largest absolute Gasteiger partial charge is 0.351 e. The highest BCUT2D eigenvalue weighted by Crippen LogP contribution is 2.40. The first-order valence-corrected chi connectivity index (χ1v) is 9.65. The predicted octanol–water partition coefficient (Wildman–Crippen LogP) is 3.68. The molecule has 3 aromatic rings. The molecule has 1 amide bonds. The minimum atomic E-state index is -0.217. The van der Waals surface area contributed by atoms with E-state index in [1.807, 2.05) is 18.2 Å². The van der Waals surface area contributed by atoms with E-state index in [1.165, 1.54) is 30.8 Å². The van der Waals surface area contributed by atoms with Gasteiger partial charge in [-0.2, -0.15) is 0 Å².